The number of ketones is 1. The van der Waals surface area contributed by atoms with Crippen molar-refractivity contribution in [2.45, 2.75) is 45.1 Å². The molecule has 3 aliphatic rings. The molecular weight excluding hydrogens is 270 g/mol. The molecule has 4 rings (SSSR count). The number of carbonyl (C=O) groups excluding carboxylic acids is 1. The second-order valence-electron chi connectivity index (χ2n) is 7.64. The molecule has 2 fully saturated rings. The van der Waals surface area contributed by atoms with Crippen molar-refractivity contribution in [3.63, 3.8) is 0 Å². The van der Waals surface area contributed by atoms with E-state index in [4.69, 9.17) is 0 Å². The van der Waals surface area contributed by atoms with E-state index in [0.717, 1.165) is 31.0 Å². The second kappa shape index (κ2) is 5.34. The van der Waals surface area contributed by atoms with E-state index in [1.807, 2.05) is 6.07 Å². The van der Waals surface area contributed by atoms with Crippen molar-refractivity contribution < 1.29 is 4.79 Å². The fraction of sp³-hybridized carbons (Fsp3) is 0.550. The van der Waals surface area contributed by atoms with Gasteiger partial charge in [0.1, 0.15) is 0 Å². The van der Waals surface area contributed by atoms with Crippen molar-refractivity contribution in [3.05, 3.63) is 47.0 Å². The lowest BCUT2D eigenvalue weighted by Crippen LogP contribution is -2.23. The Bertz CT molecular complexity index is 629. The highest BCUT2D eigenvalue weighted by atomic mass is 16.1. The lowest BCUT2D eigenvalue weighted by atomic mass is 9.90. The Morgan fingerprint density at radius 3 is 2.77 bits per heavy atom. The van der Waals surface area contributed by atoms with Gasteiger partial charge in [-0.1, -0.05) is 31.2 Å². The normalized spacial score (nSPS) is 28.1. The number of hydrogen-bond donors (Lipinski definition) is 0. The number of nitrogens with zero attached hydrogens (tertiary/aromatic N) is 1. The molecule has 2 heteroatoms. The van der Waals surface area contributed by atoms with E-state index in [0.29, 0.717) is 24.0 Å². The van der Waals surface area contributed by atoms with Crippen LogP contribution in [0.25, 0.3) is 0 Å². The zero-order valence-corrected chi connectivity index (χ0v) is 13.5. The van der Waals surface area contributed by atoms with Crippen LogP contribution in [-0.2, 0) is 12.8 Å². The van der Waals surface area contributed by atoms with Crippen molar-refractivity contribution in [3.8, 4) is 0 Å². The first-order valence-corrected chi connectivity index (χ1v) is 8.66. The number of rotatable bonds is 4. The highest BCUT2D eigenvalue weighted by Crippen LogP contribution is 2.36. The van der Waals surface area contributed by atoms with Crippen LogP contribution >= 0.6 is 0 Å². The first-order chi connectivity index (χ1) is 10.6. The van der Waals surface area contributed by atoms with Crippen LogP contribution in [0.2, 0.25) is 0 Å². The predicted molar refractivity (Wildman–Crippen MR) is 89.2 cm³/mol. The number of allylic oxidation sites excluding steroid dienone is 1. The summed E-state index contributed by atoms with van der Waals surface area (Å²) in [6, 6.07) is 7.11. The van der Waals surface area contributed by atoms with E-state index < -0.39 is 0 Å². The molecule has 0 spiro atoms. The number of fused-ring (bicyclic) bond motifs is 1. The van der Waals surface area contributed by atoms with Gasteiger partial charge in [0.25, 0.3) is 0 Å². The summed E-state index contributed by atoms with van der Waals surface area (Å²) in [5.74, 6) is 1.52. The standard InChI is InChI=1S/C20H25NO/c1-13-7-15-3-4-16(9-17(15)8-13)20(22)10-18-12-21(11-14(18)2)19-5-6-19/h3-4,9,14,18-19H,1,5-8,10-12H2,2H3/t14-,18-/m0/s1. The Morgan fingerprint density at radius 2 is 2.00 bits per heavy atom. The largest absolute Gasteiger partial charge is 0.300 e. The third-order valence-electron chi connectivity index (χ3n) is 5.72. The molecule has 22 heavy (non-hydrogen) atoms. The van der Waals surface area contributed by atoms with Crippen LogP contribution in [0.5, 0.6) is 0 Å². The molecular formula is C20H25NO. The summed E-state index contributed by atoms with van der Waals surface area (Å²) in [5, 5.41) is 0. The summed E-state index contributed by atoms with van der Waals surface area (Å²) in [4.78, 5) is 15.3. The SMILES string of the molecule is C=C1Cc2ccc(C(=O)C[C@H]3CN(C4CC4)C[C@@H]3C)cc2C1. The van der Waals surface area contributed by atoms with Gasteiger partial charge in [0.05, 0.1) is 0 Å². The van der Waals surface area contributed by atoms with Gasteiger partial charge >= 0.3 is 0 Å². The molecule has 116 valence electrons. The van der Waals surface area contributed by atoms with E-state index in [1.54, 1.807) is 0 Å². The van der Waals surface area contributed by atoms with E-state index >= 15 is 0 Å². The number of Topliss-reactive ketones (excluding diaryl/α,β-unsaturated/α-hetero) is 1. The lowest BCUT2D eigenvalue weighted by molar-refractivity contribution is 0.0954. The molecule has 2 nitrogen and oxygen atoms in total. The van der Waals surface area contributed by atoms with Gasteiger partial charge in [-0.3, -0.25) is 9.69 Å². The van der Waals surface area contributed by atoms with Crippen LogP contribution in [0.3, 0.4) is 0 Å². The molecule has 0 radical (unpaired) electrons. The van der Waals surface area contributed by atoms with Gasteiger partial charge in [-0.05, 0) is 54.7 Å². The maximum absolute atomic E-state index is 12.7. The molecule has 2 aliphatic carbocycles. The smallest absolute Gasteiger partial charge is 0.163 e. The molecule has 0 unspecified atom stereocenters. The Balaban J connectivity index is 1.44. The van der Waals surface area contributed by atoms with Crippen molar-refractivity contribution in [1.82, 2.24) is 4.90 Å². The Morgan fingerprint density at radius 1 is 1.23 bits per heavy atom. The fourth-order valence-electron chi connectivity index (χ4n) is 4.17. The van der Waals surface area contributed by atoms with Crippen LogP contribution < -0.4 is 0 Å². The number of carbonyl (C=O) groups is 1. The van der Waals surface area contributed by atoms with E-state index in [9.17, 15) is 4.79 Å². The van der Waals surface area contributed by atoms with E-state index in [-0.39, 0.29) is 0 Å². The maximum Gasteiger partial charge on any atom is 0.163 e. The molecule has 1 saturated carbocycles. The summed E-state index contributed by atoms with van der Waals surface area (Å²) in [5.41, 5.74) is 4.85. The first-order valence-electron chi connectivity index (χ1n) is 8.66. The van der Waals surface area contributed by atoms with Crippen LogP contribution in [0.15, 0.2) is 30.4 Å². The van der Waals surface area contributed by atoms with Crippen molar-refractivity contribution in [1.29, 1.82) is 0 Å². The van der Waals surface area contributed by atoms with Crippen LogP contribution in [-0.4, -0.2) is 29.8 Å². The van der Waals surface area contributed by atoms with Gasteiger partial charge < -0.3 is 0 Å². The summed E-state index contributed by atoms with van der Waals surface area (Å²) in [7, 11) is 0. The molecule has 1 aromatic rings. The monoisotopic (exact) mass is 295 g/mol. The Labute approximate surface area is 133 Å². The Hall–Kier alpha value is -1.41. The summed E-state index contributed by atoms with van der Waals surface area (Å²) >= 11 is 0. The Kier molecular flexibility index (Phi) is 3.45. The third-order valence-corrected chi connectivity index (χ3v) is 5.72. The fourth-order valence-corrected chi connectivity index (χ4v) is 4.17. The first kappa shape index (κ1) is 14.2. The van der Waals surface area contributed by atoms with Crippen LogP contribution in [0.1, 0.15) is 47.7 Å². The van der Waals surface area contributed by atoms with Gasteiger partial charge in [-0.15, -0.1) is 0 Å². The van der Waals surface area contributed by atoms with Gasteiger partial charge in [-0.2, -0.15) is 0 Å². The minimum absolute atomic E-state index is 0.329. The van der Waals surface area contributed by atoms with Gasteiger partial charge in [0, 0.05) is 31.1 Å². The molecule has 1 aromatic carbocycles. The molecule has 0 N–H and O–H groups in total. The van der Waals surface area contributed by atoms with Crippen LogP contribution in [0.4, 0.5) is 0 Å². The van der Waals surface area contributed by atoms with Gasteiger partial charge in [-0.25, -0.2) is 0 Å². The third kappa shape index (κ3) is 2.65. The molecule has 0 bridgehead atoms. The zero-order valence-electron chi connectivity index (χ0n) is 13.5. The molecule has 1 saturated heterocycles. The summed E-state index contributed by atoms with van der Waals surface area (Å²) in [6.07, 6.45) is 5.37. The van der Waals surface area contributed by atoms with Gasteiger partial charge in [0.2, 0.25) is 0 Å². The van der Waals surface area contributed by atoms with Gasteiger partial charge in [0.15, 0.2) is 5.78 Å². The highest BCUT2D eigenvalue weighted by molar-refractivity contribution is 5.96. The quantitative estimate of drug-likeness (QED) is 0.624. The van der Waals surface area contributed by atoms with E-state index in [1.165, 1.54) is 36.1 Å². The average Bonchev–Trinajstić information content (AvgIpc) is 3.17. The topological polar surface area (TPSA) is 20.3 Å². The number of likely N-dealkylation sites (tertiary alicyclic amines) is 1. The average molecular weight is 295 g/mol. The number of hydrogen-bond acceptors (Lipinski definition) is 2. The number of benzene rings is 1. The van der Waals surface area contributed by atoms with E-state index in [2.05, 4.69) is 30.5 Å². The van der Waals surface area contributed by atoms with Crippen LogP contribution in [0, 0.1) is 11.8 Å². The lowest BCUT2D eigenvalue weighted by Gasteiger charge is -2.14. The van der Waals surface area contributed by atoms with Crippen molar-refractivity contribution in [2.75, 3.05) is 13.1 Å². The highest BCUT2D eigenvalue weighted by Gasteiger charge is 2.38. The predicted octanol–water partition coefficient (Wildman–Crippen LogP) is 3.64. The minimum atomic E-state index is 0.329. The molecule has 2 atom stereocenters. The molecule has 1 aliphatic heterocycles. The molecule has 0 amide bonds. The van der Waals surface area contributed by atoms with Crippen molar-refractivity contribution >= 4 is 5.78 Å². The minimum Gasteiger partial charge on any atom is -0.300 e. The van der Waals surface area contributed by atoms with Crippen molar-refractivity contribution in [2.24, 2.45) is 11.8 Å². The molecule has 1 heterocycles. The summed E-state index contributed by atoms with van der Waals surface area (Å²) in [6.45, 7) is 8.70. The molecule has 0 aromatic heterocycles. The zero-order chi connectivity index (χ0) is 15.3. The maximum atomic E-state index is 12.7. The second-order valence-corrected chi connectivity index (χ2v) is 7.64. The summed E-state index contributed by atoms with van der Waals surface area (Å²) < 4.78 is 0.